The summed E-state index contributed by atoms with van der Waals surface area (Å²) in [6.07, 6.45) is 23.7. The lowest BCUT2D eigenvalue weighted by molar-refractivity contribution is -0.131. The number of primary amides is 1. The molecular weight excluding hydrogens is 326 g/mol. The lowest BCUT2D eigenvalue weighted by Gasteiger charge is -1.97. The summed E-state index contributed by atoms with van der Waals surface area (Å²) in [6, 6.07) is 0. The number of carboxylic acid groups (broad SMARTS) is 1. The van der Waals surface area contributed by atoms with Gasteiger partial charge in [0.15, 0.2) is 0 Å². The third-order valence-corrected chi connectivity index (χ3v) is 3.69. The number of rotatable bonds is 14. The zero-order chi connectivity index (χ0) is 20.0. The fourth-order valence-electron chi connectivity index (χ4n) is 1.94. The standard InChI is InChI=1S/C18H30O2.C4H9NO/c1-2-3-4-5-6-7-8-9-10-11-12-13-14-15-16-17-18(19)20;1-3(2)4(5)6/h6-7,14-17H,2-5,8-13H2,1H3,(H,19,20);3H,1-2H3,(H2,5,6). The van der Waals surface area contributed by atoms with Crippen LogP contribution in [0.15, 0.2) is 36.5 Å². The predicted molar refractivity (Wildman–Crippen MR) is 111 cm³/mol. The summed E-state index contributed by atoms with van der Waals surface area (Å²) in [6.45, 7) is 5.77. The molecule has 150 valence electrons. The number of carboxylic acids is 1. The molecule has 0 aromatic heterocycles. The average Bonchev–Trinajstić information content (AvgIpc) is 2.58. The Morgan fingerprint density at radius 3 is 1.73 bits per heavy atom. The van der Waals surface area contributed by atoms with Crippen LogP contribution in [0.25, 0.3) is 0 Å². The third-order valence-electron chi connectivity index (χ3n) is 3.69. The summed E-state index contributed by atoms with van der Waals surface area (Å²) >= 11 is 0. The van der Waals surface area contributed by atoms with E-state index in [0.717, 1.165) is 12.5 Å². The van der Waals surface area contributed by atoms with Crippen LogP contribution in [0, 0.1) is 5.92 Å². The molecule has 0 atom stereocenters. The number of allylic oxidation sites excluding steroid dienone is 5. The van der Waals surface area contributed by atoms with Crippen molar-refractivity contribution in [3.63, 3.8) is 0 Å². The van der Waals surface area contributed by atoms with E-state index in [0.29, 0.717) is 0 Å². The highest BCUT2D eigenvalue weighted by Crippen LogP contribution is 2.07. The first kappa shape index (κ1) is 26.4. The lowest BCUT2D eigenvalue weighted by atomic mass is 10.1. The van der Waals surface area contributed by atoms with E-state index in [4.69, 9.17) is 10.8 Å². The fraction of sp³-hybridized carbons (Fsp3) is 0.636. The molecule has 0 bridgehead atoms. The topological polar surface area (TPSA) is 80.4 Å². The van der Waals surface area contributed by atoms with E-state index < -0.39 is 5.97 Å². The van der Waals surface area contributed by atoms with Gasteiger partial charge in [0.1, 0.15) is 0 Å². The van der Waals surface area contributed by atoms with Gasteiger partial charge in [0, 0.05) is 12.0 Å². The number of carbonyl (C=O) groups is 2. The molecule has 0 aromatic carbocycles. The molecule has 0 fully saturated rings. The summed E-state index contributed by atoms with van der Waals surface area (Å²) in [7, 11) is 0. The molecule has 3 N–H and O–H groups in total. The highest BCUT2D eigenvalue weighted by molar-refractivity contribution is 5.80. The first-order chi connectivity index (χ1) is 12.4. The van der Waals surface area contributed by atoms with Crippen LogP contribution in [-0.4, -0.2) is 17.0 Å². The number of nitrogens with two attached hydrogens (primary N) is 1. The van der Waals surface area contributed by atoms with E-state index in [2.05, 4.69) is 19.1 Å². The minimum atomic E-state index is -0.891. The van der Waals surface area contributed by atoms with Crippen molar-refractivity contribution in [2.45, 2.75) is 85.0 Å². The Hall–Kier alpha value is -1.84. The van der Waals surface area contributed by atoms with Crippen molar-refractivity contribution in [3.8, 4) is 0 Å². The van der Waals surface area contributed by atoms with E-state index in [1.807, 2.05) is 12.2 Å². The van der Waals surface area contributed by atoms with Gasteiger partial charge in [-0.2, -0.15) is 0 Å². The number of unbranched alkanes of at least 4 members (excludes halogenated alkanes) is 8. The Kier molecular flexibility index (Phi) is 21.5. The van der Waals surface area contributed by atoms with Gasteiger partial charge in [0.05, 0.1) is 0 Å². The van der Waals surface area contributed by atoms with Crippen LogP contribution in [-0.2, 0) is 9.59 Å². The number of carbonyl (C=O) groups excluding carboxylic acids is 1. The maximum Gasteiger partial charge on any atom is 0.328 e. The normalized spacial score (nSPS) is 11.4. The summed E-state index contributed by atoms with van der Waals surface area (Å²) in [4.78, 5) is 20.1. The van der Waals surface area contributed by atoms with Gasteiger partial charge < -0.3 is 10.8 Å². The molecule has 1 amide bonds. The Balaban J connectivity index is 0. The monoisotopic (exact) mass is 365 g/mol. The molecule has 0 aliphatic rings. The largest absolute Gasteiger partial charge is 0.478 e. The maximum absolute atomic E-state index is 10.2. The lowest BCUT2D eigenvalue weighted by Crippen LogP contribution is -2.17. The van der Waals surface area contributed by atoms with Crippen molar-refractivity contribution < 1.29 is 14.7 Å². The Bertz CT molecular complexity index is 423. The minimum absolute atomic E-state index is 0.00926. The van der Waals surface area contributed by atoms with Crippen LogP contribution < -0.4 is 5.73 Å². The van der Waals surface area contributed by atoms with Crippen LogP contribution in [0.1, 0.15) is 85.0 Å². The molecule has 0 rings (SSSR count). The van der Waals surface area contributed by atoms with Gasteiger partial charge >= 0.3 is 5.97 Å². The average molecular weight is 366 g/mol. The van der Waals surface area contributed by atoms with Gasteiger partial charge in [0.2, 0.25) is 5.91 Å². The van der Waals surface area contributed by atoms with E-state index in [-0.39, 0.29) is 11.8 Å². The molecule has 0 spiro atoms. The number of aliphatic carboxylic acids is 1. The van der Waals surface area contributed by atoms with E-state index in [1.54, 1.807) is 19.9 Å². The molecule has 0 aromatic rings. The van der Waals surface area contributed by atoms with Crippen LogP contribution in [0.3, 0.4) is 0 Å². The van der Waals surface area contributed by atoms with E-state index in [1.165, 1.54) is 57.8 Å². The Morgan fingerprint density at radius 2 is 1.31 bits per heavy atom. The van der Waals surface area contributed by atoms with Gasteiger partial charge in [0.25, 0.3) is 0 Å². The molecule has 0 aliphatic carbocycles. The molecule has 0 aliphatic heterocycles. The highest BCUT2D eigenvalue weighted by Gasteiger charge is 1.96. The molecule has 4 nitrogen and oxygen atoms in total. The second-order valence-electron chi connectivity index (χ2n) is 6.64. The number of hydrogen-bond acceptors (Lipinski definition) is 2. The maximum atomic E-state index is 10.2. The van der Waals surface area contributed by atoms with Crippen LogP contribution in [0.5, 0.6) is 0 Å². The SMILES string of the molecule is CC(C)C(N)=O.CCCCCC=CCCCCCCC=CC=CC(=O)O. The summed E-state index contributed by atoms with van der Waals surface area (Å²) in [5.41, 5.74) is 4.80. The van der Waals surface area contributed by atoms with Crippen molar-refractivity contribution in [2.24, 2.45) is 11.7 Å². The molecule has 0 radical (unpaired) electrons. The van der Waals surface area contributed by atoms with E-state index >= 15 is 0 Å². The quantitative estimate of drug-likeness (QED) is 0.177. The molecule has 0 saturated heterocycles. The van der Waals surface area contributed by atoms with Gasteiger partial charge in [-0.25, -0.2) is 4.79 Å². The number of hydrogen-bond donors (Lipinski definition) is 2. The zero-order valence-electron chi connectivity index (χ0n) is 17.0. The van der Waals surface area contributed by atoms with Crippen molar-refractivity contribution in [1.82, 2.24) is 0 Å². The predicted octanol–water partition coefficient (Wildman–Crippen LogP) is 5.79. The Morgan fingerprint density at radius 1 is 0.846 bits per heavy atom. The van der Waals surface area contributed by atoms with Crippen molar-refractivity contribution >= 4 is 11.9 Å². The van der Waals surface area contributed by atoms with Crippen LogP contribution in [0.2, 0.25) is 0 Å². The summed E-state index contributed by atoms with van der Waals surface area (Å²) in [5.74, 6) is -1.14. The first-order valence-electron chi connectivity index (χ1n) is 9.92. The summed E-state index contributed by atoms with van der Waals surface area (Å²) in [5, 5.41) is 8.39. The Labute approximate surface area is 160 Å². The molecule has 0 unspecified atom stereocenters. The molecular formula is C22H39NO3. The number of amides is 1. The highest BCUT2D eigenvalue weighted by atomic mass is 16.4. The van der Waals surface area contributed by atoms with Gasteiger partial charge in [-0.15, -0.1) is 0 Å². The molecule has 4 heteroatoms. The third kappa shape index (κ3) is 27.0. The smallest absolute Gasteiger partial charge is 0.328 e. The van der Waals surface area contributed by atoms with Crippen molar-refractivity contribution in [2.75, 3.05) is 0 Å². The fourth-order valence-corrected chi connectivity index (χ4v) is 1.94. The minimum Gasteiger partial charge on any atom is -0.478 e. The van der Waals surface area contributed by atoms with Crippen LogP contribution >= 0.6 is 0 Å². The van der Waals surface area contributed by atoms with Crippen LogP contribution in [0.4, 0.5) is 0 Å². The van der Waals surface area contributed by atoms with Gasteiger partial charge in [-0.05, 0) is 38.5 Å². The van der Waals surface area contributed by atoms with Crippen molar-refractivity contribution in [1.29, 1.82) is 0 Å². The second-order valence-corrected chi connectivity index (χ2v) is 6.64. The summed E-state index contributed by atoms with van der Waals surface area (Å²) < 4.78 is 0. The molecule has 0 saturated carbocycles. The van der Waals surface area contributed by atoms with Gasteiger partial charge in [-0.1, -0.05) is 76.8 Å². The van der Waals surface area contributed by atoms with E-state index in [9.17, 15) is 9.59 Å². The zero-order valence-corrected chi connectivity index (χ0v) is 17.0. The van der Waals surface area contributed by atoms with Crippen molar-refractivity contribution in [3.05, 3.63) is 36.5 Å². The molecule has 0 heterocycles. The second kappa shape index (κ2) is 21.2. The van der Waals surface area contributed by atoms with Gasteiger partial charge in [-0.3, -0.25) is 4.79 Å². The molecule has 26 heavy (non-hydrogen) atoms. The first-order valence-corrected chi connectivity index (χ1v) is 9.92.